The van der Waals surface area contributed by atoms with Gasteiger partial charge in [0.15, 0.2) is 0 Å². The highest BCUT2D eigenvalue weighted by atomic mass is 35.5. The fourth-order valence-corrected chi connectivity index (χ4v) is 2.30. The Kier molecular flexibility index (Phi) is 4.02. The van der Waals surface area contributed by atoms with E-state index in [1.807, 2.05) is 6.92 Å². The van der Waals surface area contributed by atoms with Gasteiger partial charge in [0.25, 0.3) is 0 Å². The number of rotatable bonds is 4. The van der Waals surface area contributed by atoms with Crippen molar-refractivity contribution in [2.24, 2.45) is 5.92 Å². The Bertz CT molecular complexity index is 393. The Labute approximate surface area is 106 Å². The molecule has 1 unspecified atom stereocenters. The van der Waals surface area contributed by atoms with Crippen LogP contribution in [0.4, 0.5) is 4.39 Å². The lowest BCUT2D eigenvalue weighted by molar-refractivity contribution is 0.0420. The van der Waals surface area contributed by atoms with Gasteiger partial charge in [-0.25, -0.2) is 4.39 Å². The number of hydrogen-bond donors (Lipinski definition) is 2. The number of hydrogen-bond acceptors (Lipinski definition) is 2. The lowest BCUT2D eigenvalue weighted by Gasteiger charge is -2.32. The minimum Gasteiger partial charge on any atom is -0.393 e. The van der Waals surface area contributed by atoms with Crippen LogP contribution in [-0.4, -0.2) is 17.8 Å². The highest BCUT2D eigenvalue weighted by Crippen LogP contribution is 2.27. The van der Waals surface area contributed by atoms with Gasteiger partial charge in [0.1, 0.15) is 5.82 Å². The monoisotopic (exact) mass is 257 g/mol. The molecule has 1 saturated carbocycles. The maximum Gasteiger partial charge on any atom is 0.141 e. The summed E-state index contributed by atoms with van der Waals surface area (Å²) in [4.78, 5) is 0. The summed E-state index contributed by atoms with van der Waals surface area (Å²) in [6, 6.07) is 4.94. The van der Waals surface area contributed by atoms with Crippen LogP contribution in [0.15, 0.2) is 18.2 Å². The van der Waals surface area contributed by atoms with Crippen LogP contribution in [0, 0.1) is 11.7 Å². The van der Waals surface area contributed by atoms with Crippen molar-refractivity contribution in [3.8, 4) is 0 Å². The molecule has 0 spiro atoms. The lowest BCUT2D eigenvalue weighted by atomic mass is 9.82. The number of benzene rings is 1. The second-order valence-corrected chi connectivity index (χ2v) is 5.20. The Morgan fingerprint density at radius 3 is 2.82 bits per heavy atom. The van der Waals surface area contributed by atoms with Crippen molar-refractivity contribution in [1.82, 2.24) is 5.32 Å². The predicted molar refractivity (Wildman–Crippen MR) is 66.6 cm³/mol. The molecule has 1 aliphatic rings. The third-order valence-corrected chi connectivity index (χ3v) is 3.66. The van der Waals surface area contributed by atoms with Gasteiger partial charge < -0.3 is 10.4 Å². The molecule has 0 aromatic heterocycles. The van der Waals surface area contributed by atoms with E-state index < -0.39 is 0 Å². The first-order chi connectivity index (χ1) is 8.06. The third kappa shape index (κ3) is 3.18. The van der Waals surface area contributed by atoms with Gasteiger partial charge in [0, 0.05) is 6.04 Å². The first-order valence-corrected chi connectivity index (χ1v) is 6.30. The smallest absolute Gasteiger partial charge is 0.141 e. The van der Waals surface area contributed by atoms with E-state index in [0.29, 0.717) is 5.92 Å². The Hall–Kier alpha value is -0.640. The van der Waals surface area contributed by atoms with Crippen LogP contribution in [0.5, 0.6) is 0 Å². The average Bonchev–Trinajstić information content (AvgIpc) is 2.26. The first-order valence-electron chi connectivity index (χ1n) is 5.92. The van der Waals surface area contributed by atoms with E-state index in [4.69, 9.17) is 11.6 Å². The van der Waals surface area contributed by atoms with Crippen LogP contribution < -0.4 is 5.32 Å². The van der Waals surface area contributed by atoms with Gasteiger partial charge in [-0.1, -0.05) is 17.7 Å². The van der Waals surface area contributed by atoms with Crippen molar-refractivity contribution in [2.75, 3.05) is 6.54 Å². The molecule has 2 N–H and O–H groups in total. The van der Waals surface area contributed by atoms with Crippen LogP contribution in [0.2, 0.25) is 5.02 Å². The van der Waals surface area contributed by atoms with Gasteiger partial charge in [-0.3, -0.25) is 0 Å². The molecule has 1 aromatic carbocycles. The fraction of sp³-hybridized carbons (Fsp3) is 0.538. The summed E-state index contributed by atoms with van der Waals surface area (Å²) >= 11 is 5.74. The van der Waals surface area contributed by atoms with Crippen LogP contribution in [0.25, 0.3) is 0 Å². The zero-order valence-electron chi connectivity index (χ0n) is 9.79. The molecule has 0 radical (unpaired) electrons. The van der Waals surface area contributed by atoms with Crippen molar-refractivity contribution in [1.29, 1.82) is 0 Å². The number of halogens is 2. The molecule has 1 aromatic rings. The third-order valence-electron chi connectivity index (χ3n) is 3.37. The summed E-state index contributed by atoms with van der Waals surface area (Å²) in [6.07, 6.45) is 1.64. The van der Waals surface area contributed by atoms with Gasteiger partial charge in [0.2, 0.25) is 0 Å². The molecule has 94 valence electrons. The minimum absolute atomic E-state index is 0.114. The topological polar surface area (TPSA) is 32.3 Å². The largest absolute Gasteiger partial charge is 0.393 e. The maximum atomic E-state index is 13.0. The van der Waals surface area contributed by atoms with E-state index in [1.54, 1.807) is 12.1 Å². The van der Waals surface area contributed by atoms with E-state index in [0.717, 1.165) is 24.9 Å². The van der Waals surface area contributed by atoms with Crippen LogP contribution in [-0.2, 0) is 0 Å². The van der Waals surface area contributed by atoms with Crippen LogP contribution >= 0.6 is 11.6 Å². The van der Waals surface area contributed by atoms with Crippen molar-refractivity contribution in [2.45, 2.75) is 31.9 Å². The number of nitrogens with one attached hydrogen (secondary N) is 1. The van der Waals surface area contributed by atoms with E-state index in [2.05, 4.69) is 5.32 Å². The van der Waals surface area contributed by atoms with Gasteiger partial charge in [-0.05, 0) is 49.9 Å². The first kappa shape index (κ1) is 12.8. The second-order valence-electron chi connectivity index (χ2n) is 4.79. The van der Waals surface area contributed by atoms with Crippen LogP contribution in [0.3, 0.4) is 0 Å². The summed E-state index contributed by atoms with van der Waals surface area (Å²) in [5, 5.41) is 12.7. The zero-order valence-corrected chi connectivity index (χ0v) is 10.5. The molecule has 0 heterocycles. The normalized spacial score (nSPS) is 25.4. The van der Waals surface area contributed by atoms with Crippen molar-refractivity contribution < 1.29 is 9.50 Å². The molecule has 1 aliphatic carbocycles. The molecule has 17 heavy (non-hydrogen) atoms. The fourth-order valence-electron chi connectivity index (χ4n) is 2.11. The van der Waals surface area contributed by atoms with Crippen molar-refractivity contribution in [3.63, 3.8) is 0 Å². The standard InChI is InChI=1S/C13H17ClFNO/c1-8(16-7-9-4-11(17)5-9)10-2-3-13(15)12(14)6-10/h2-3,6,8-9,11,16-17H,4-5,7H2,1H3. The molecule has 0 saturated heterocycles. The maximum absolute atomic E-state index is 13.0. The summed E-state index contributed by atoms with van der Waals surface area (Å²) < 4.78 is 13.0. The van der Waals surface area contributed by atoms with Gasteiger partial charge in [-0.15, -0.1) is 0 Å². The van der Waals surface area contributed by atoms with Crippen molar-refractivity contribution in [3.05, 3.63) is 34.6 Å². The molecule has 1 atom stereocenters. The second kappa shape index (κ2) is 5.34. The summed E-state index contributed by atoms with van der Waals surface area (Å²) in [6.45, 7) is 2.91. The van der Waals surface area contributed by atoms with Gasteiger partial charge in [0.05, 0.1) is 11.1 Å². The predicted octanol–water partition coefficient (Wildman–Crippen LogP) is 2.90. The Morgan fingerprint density at radius 1 is 1.53 bits per heavy atom. The molecule has 2 nitrogen and oxygen atoms in total. The molecule has 0 aliphatic heterocycles. The Balaban J connectivity index is 1.86. The molecule has 1 fully saturated rings. The molecular weight excluding hydrogens is 241 g/mol. The SMILES string of the molecule is CC(NCC1CC(O)C1)c1ccc(F)c(Cl)c1. The molecule has 0 amide bonds. The number of aliphatic hydroxyl groups excluding tert-OH is 1. The summed E-state index contributed by atoms with van der Waals surface area (Å²) in [7, 11) is 0. The lowest BCUT2D eigenvalue weighted by Crippen LogP contribution is -2.36. The average molecular weight is 258 g/mol. The summed E-state index contributed by atoms with van der Waals surface area (Å²) in [5.74, 6) is 0.174. The van der Waals surface area contributed by atoms with Gasteiger partial charge >= 0.3 is 0 Å². The molecule has 4 heteroatoms. The Morgan fingerprint density at radius 2 is 2.24 bits per heavy atom. The van der Waals surface area contributed by atoms with E-state index in [9.17, 15) is 9.50 Å². The minimum atomic E-state index is -0.385. The highest BCUT2D eigenvalue weighted by Gasteiger charge is 2.26. The molecule has 0 bridgehead atoms. The molecular formula is C13H17ClFNO. The van der Waals surface area contributed by atoms with E-state index in [1.165, 1.54) is 6.07 Å². The molecule has 2 rings (SSSR count). The zero-order chi connectivity index (χ0) is 12.4. The quantitative estimate of drug-likeness (QED) is 0.869. The highest BCUT2D eigenvalue weighted by molar-refractivity contribution is 6.30. The van der Waals surface area contributed by atoms with E-state index >= 15 is 0 Å². The van der Waals surface area contributed by atoms with Crippen LogP contribution in [0.1, 0.15) is 31.4 Å². The van der Waals surface area contributed by atoms with E-state index in [-0.39, 0.29) is 23.0 Å². The van der Waals surface area contributed by atoms with Crippen molar-refractivity contribution >= 4 is 11.6 Å². The summed E-state index contributed by atoms with van der Waals surface area (Å²) in [5.41, 5.74) is 0.983. The van der Waals surface area contributed by atoms with Gasteiger partial charge in [-0.2, -0.15) is 0 Å². The number of aliphatic hydroxyl groups is 1.